The van der Waals surface area contributed by atoms with Crippen molar-refractivity contribution in [2.45, 2.75) is 141 Å². The van der Waals surface area contributed by atoms with Crippen LogP contribution in [-0.2, 0) is 23.8 Å². The molecule has 0 spiro atoms. The van der Waals surface area contributed by atoms with Crippen LogP contribution < -0.4 is 11.3 Å². The number of hydrogen-bond donors (Lipinski definition) is 2. The molecule has 0 bridgehead atoms. The third-order valence-electron chi connectivity index (χ3n) is 7.60. The SMILES string of the molecule is CCCCCCCCCC(=O)OC[C@H]1O[C@@H]([15n]2c[15n]c3c(=O)[15nH]c([15NH2])[15n]c32)C[C@@H]1OC(=O)CCCCCCCCC. The molecular weight excluding hydrogens is 531 g/mol. The maximum absolute atomic E-state index is 12.7. The van der Waals surface area contributed by atoms with E-state index in [9.17, 15) is 14.4 Å². The van der Waals surface area contributed by atoms with Crippen LogP contribution in [0.4, 0.5) is 5.95 Å². The molecule has 3 N–H and O–H groups in total. The highest BCUT2D eigenvalue weighted by molar-refractivity contribution is 5.71. The zero-order chi connectivity index (χ0) is 29.5. The zero-order valence-electron chi connectivity index (χ0n) is 24.9. The van der Waals surface area contributed by atoms with Gasteiger partial charge in [-0.2, -0.15) is 4.98 Å². The lowest BCUT2D eigenvalue weighted by molar-refractivity contribution is -0.158. The highest BCUT2D eigenvalue weighted by Crippen LogP contribution is 2.33. The molecule has 0 radical (unpaired) electrons. The minimum atomic E-state index is -0.646. The number of imidazole rings is 1. The number of anilines is 1. The monoisotopic (exact) mass is 580 g/mol. The lowest BCUT2D eigenvalue weighted by Crippen LogP contribution is -2.32. The van der Waals surface area contributed by atoms with Crippen molar-refractivity contribution < 1.29 is 23.8 Å². The van der Waals surface area contributed by atoms with E-state index in [-0.39, 0.29) is 35.7 Å². The van der Waals surface area contributed by atoms with Crippen molar-refractivity contribution in [3.05, 3.63) is 16.7 Å². The molecule has 0 saturated carbocycles. The van der Waals surface area contributed by atoms with E-state index in [2.05, 4.69) is 28.8 Å². The number of carbonyl (C=O) groups excluding carboxylic acids is 2. The van der Waals surface area contributed by atoms with Crippen LogP contribution in [0.2, 0.25) is 0 Å². The average Bonchev–Trinajstić information content (AvgIpc) is 3.54. The number of H-pyrrole nitrogens is 1. The van der Waals surface area contributed by atoms with Gasteiger partial charge in [-0.1, -0.05) is 90.9 Å². The molecule has 0 aliphatic carbocycles. The predicted octanol–water partition coefficient (Wildman–Crippen LogP) is 5.73. The van der Waals surface area contributed by atoms with E-state index in [0.717, 1.165) is 38.5 Å². The molecule has 0 amide bonds. The van der Waals surface area contributed by atoms with Crippen molar-refractivity contribution in [2.75, 3.05) is 12.3 Å². The van der Waals surface area contributed by atoms with Gasteiger partial charge >= 0.3 is 11.9 Å². The summed E-state index contributed by atoms with van der Waals surface area (Å²) in [5, 5.41) is 0. The molecule has 11 nitrogen and oxygen atoms in total. The molecule has 3 heterocycles. The number of nitrogens with one attached hydrogen (secondary N) is 1. The van der Waals surface area contributed by atoms with Gasteiger partial charge in [-0.15, -0.1) is 0 Å². The molecular formula is C30H49N5O6. The first-order valence-electron chi connectivity index (χ1n) is 15.7. The maximum atomic E-state index is 12.7. The first kappa shape index (κ1) is 32.6. The number of nitrogens with two attached hydrogens (primary N) is 1. The van der Waals surface area contributed by atoms with Crippen LogP contribution in [0.1, 0.15) is 129 Å². The summed E-state index contributed by atoms with van der Waals surface area (Å²) < 4.78 is 19.2. The van der Waals surface area contributed by atoms with Crippen LogP contribution in [-0.4, -0.2) is 50.3 Å². The molecule has 41 heavy (non-hydrogen) atoms. The Balaban J connectivity index is 1.54. The van der Waals surface area contributed by atoms with Crippen LogP contribution in [0.25, 0.3) is 11.2 Å². The van der Waals surface area contributed by atoms with Gasteiger partial charge < -0.3 is 19.9 Å². The Morgan fingerprint density at radius 2 is 1.54 bits per heavy atom. The van der Waals surface area contributed by atoms with Gasteiger partial charge in [0.15, 0.2) is 11.2 Å². The fourth-order valence-corrected chi connectivity index (χ4v) is 5.23. The normalized spacial score (nSPS) is 18.6. The number of unbranched alkanes of at least 4 members (excludes halogenated alkanes) is 12. The number of rotatable bonds is 20. The number of ether oxygens (including phenoxy) is 3. The van der Waals surface area contributed by atoms with Crippen molar-refractivity contribution in [3.8, 4) is 0 Å². The fourth-order valence-electron chi connectivity index (χ4n) is 5.23. The average molecular weight is 581 g/mol. The number of aromatic nitrogens is 4. The Labute approximate surface area is 242 Å². The molecule has 0 unspecified atom stereocenters. The topological polar surface area (TPSA) is 151 Å². The van der Waals surface area contributed by atoms with Crippen molar-refractivity contribution >= 4 is 29.1 Å². The van der Waals surface area contributed by atoms with Crippen molar-refractivity contribution in [3.63, 3.8) is 0 Å². The second kappa shape index (κ2) is 17.8. The highest BCUT2D eigenvalue weighted by atomic mass is 16.6. The standard InChI is InChI=1S/C30H49N5O6/c1-3-5-7-9-11-13-15-17-25(36)39-20-23-22(41-26(37)18-16-14-12-10-8-6-4-2)19-24(40-23)35-21-32-27-28(35)33-30(31)34-29(27)38/h21-24H,3-20H2,1-2H3,(H3,31,33,34,38)/t22-,23+,24+/m0/s1/i31+1,32+1,33+1,34+1,35+1. The number of nitrogens with zero attached hydrogens (tertiary/aromatic N) is 3. The first-order chi connectivity index (χ1) is 19.9. The Hall–Kier alpha value is -2.95. The molecule has 3 rings (SSSR count). The molecule has 3 atom stereocenters. The number of esters is 2. The van der Waals surface area contributed by atoms with Crippen LogP contribution in [0.3, 0.4) is 0 Å². The van der Waals surface area contributed by atoms with E-state index >= 15 is 0 Å². The summed E-state index contributed by atoms with van der Waals surface area (Å²) in [6.07, 6.45) is 16.2. The summed E-state index contributed by atoms with van der Waals surface area (Å²) >= 11 is 0. The van der Waals surface area contributed by atoms with Crippen molar-refractivity contribution in [1.29, 1.82) is 0 Å². The van der Waals surface area contributed by atoms with Crippen LogP contribution in [0.15, 0.2) is 11.1 Å². The molecule has 1 saturated heterocycles. The summed E-state index contributed by atoms with van der Waals surface area (Å²) in [6, 6.07) is 0. The van der Waals surface area contributed by atoms with Gasteiger partial charge in [0.1, 0.15) is 25.0 Å². The van der Waals surface area contributed by atoms with E-state index in [0.29, 0.717) is 19.3 Å². The molecule has 2 aromatic heterocycles. The van der Waals surface area contributed by atoms with E-state index < -0.39 is 24.0 Å². The van der Waals surface area contributed by atoms with Gasteiger partial charge in [0.2, 0.25) is 5.95 Å². The fraction of sp³-hybridized carbons (Fsp3) is 0.767. The summed E-state index contributed by atoms with van der Waals surface area (Å²) in [4.78, 5) is 48.2. The van der Waals surface area contributed by atoms with Crippen LogP contribution in [0.5, 0.6) is 0 Å². The molecule has 1 fully saturated rings. The number of nitrogen functional groups attached to an aromatic ring is 1. The maximum Gasteiger partial charge on any atom is 0.306 e. The van der Waals surface area contributed by atoms with Crippen LogP contribution >= 0.6 is 0 Å². The van der Waals surface area contributed by atoms with Gasteiger partial charge in [0.25, 0.3) is 5.56 Å². The predicted molar refractivity (Wildman–Crippen MR) is 157 cm³/mol. The summed E-state index contributed by atoms with van der Waals surface area (Å²) in [5.74, 6) is -0.606. The van der Waals surface area contributed by atoms with Crippen LogP contribution in [0, 0.1) is 0 Å². The Morgan fingerprint density at radius 3 is 2.17 bits per heavy atom. The van der Waals surface area contributed by atoms with Crippen molar-refractivity contribution in [2.24, 2.45) is 0 Å². The molecule has 230 valence electrons. The third-order valence-corrected chi connectivity index (χ3v) is 7.60. The Morgan fingerprint density at radius 1 is 0.951 bits per heavy atom. The zero-order valence-corrected chi connectivity index (χ0v) is 24.9. The summed E-state index contributed by atoms with van der Waals surface area (Å²) in [5.41, 5.74) is 5.72. The molecule has 1 aliphatic heterocycles. The van der Waals surface area contributed by atoms with Gasteiger partial charge in [0.05, 0.1) is 6.33 Å². The number of fused-ring (bicyclic) bond motifs is 1. The molecule has 0 aromatic carbocycles. The number of aromatic amines is 1. The number of carbonyl (C=O) groups is 2. The Bertz CT molecular complexity index is 1130. The van der Waals surface area contributed by atoms with Gasteiger partial charge in [-0.05, 0) is 12.8 Å². The smallest absolute Gasteiger partial charge is 0.306 e. The van der Waals surface area contributed by atoms with Gasteiger partial charge in [-0.3, -0.25) is 23.9 Å². The molecule has 11 heteroatoms. The lowest BCUT2D eigenvalue weighted by Gasteiger charge is -2.19. The number of hydrogen-bond acceptors (Lipinski definition) is 9. The third kappa shape index (κ3) is 10.8. The molecule has 2 aromatic rings. The van der Waals surface area contributed by atoms with E-state index in [1.165, 1.54) is 57.7 Å². The van der Waals surface area contributed by atoms with Gasteiger partial charge in [-0.25, -0.2) is 4.98 Å². The van der Waals surface area contributed by atoms with Crippen molar-refractivity contribution in [1.82, 2.24) is 19.5 Å². The minimum Gasteiger partial charge on any atom is -0.463 e. The molecule has 1 aliphatic rings. The second-order valence-electron chi connectivity index (χ2n) is 11.1. The largest absolute Gasteiger partial charge is 0.463 e. The first-order valence-corrected chi connectivity index (χ1v) is 15.7. The summed E-state index contributed by atoms with van der Waals surface area (Å²) in [6.45, 7) is 4.36. The minimum absolute atomic E-state index is 0.0238. The summed E-state index contributed by atoms with van der Waals surface area (Å²) in [7, 11) is 0. The highest BCUT2D eigenvalue weighted by Gasteiger charge is 2.40. The quantitative estimate of drug-likeness (QED) is 0.114. The van der Waals surface area contributed by atoms with Gasteiger partial charge in [0, 0.05) is 19.3 Å². The van der Waals surface area contributed by atoms with E-state index in [1.54, 1.807) is 4.57 Å². The van der Waals surface area contributed by atoms with E-state index in [4.69, 9.17) is 19.9 Å². The second-order valence-corrected chi connectivity index (χ2v) is 11.1. The Kier molecular flexibility index (Phi) is 14.1. The van der Waals surface area contributed by atoms with E-state index in [1.807, 2.05) is 0 Å². The lowest BCUT2D eigenvalue weighted by atomic mass is 10.1.